The molecular weight excluding hydrogens is 170 g/mol. The number of rotatable bonds is 3. The van der Waals surface area contributed by atoms with Gasteiger partial charge in [-0.15, -0.1) is 0 Å². The Hall–Kier alpha value is -1.11. The molecular formula is C13H21N. The normalized spacial score (nSPS) is 14.2. The van der Waals surface area contributed by atoms with Crippen molar-refractivity contribution < 1.29 is 0 Å². The van der Waals surface area contributed by atoms with Crippen LogP contribution in [0.3, 0.4) is 0 Å². The van der Waals surface area contributed by atoms with Crippen molar-refractivity contribution in [2.45, 2.75) is 34.6 Å². The highest BCUT2D eigenvalue weighted by atomic mass is 14.7. The van der Waals surface area contributed by atoms with Crippen LogP contribution in [0.25, 0.3) is 0 Å². The lowest BCUT2D eigenvalue weighted by Crippen LogP contribution is -2.06. The van der Waals surface area contributed by atoms with E-state index in [1.807, 2.05) is 38.3 Å². The SMILES string of the molecule is C=C(N=C/C=C(C)/C=C/C)C(C)(C)C. The smallest absolute Gasteiger partial charge is 0.0385 e. The molecule has 0 N–H and O–H groups in total. The van der Waals surface area contributed by atoms with Gasteiger partial charge in [-0.3, -0.25) is 4.99 Å². The fourth-order valence-electron chi connectivity index (χ4n) is 0.757. The highest BCUT2D eigenvalue weighted by Crippen LogP contribution is 2.23. The van der Waals surface area contributed by atoms with Crippen LogP contribution in [0.1, 0.15) is 34.6 Å². The predicted octanol–water partition coefficient (Wildman–Crippen LogP) is 4.14. The molecule has 0 atom stereocenters. The van der Waals surface area contributed by atoms with Crippen molar-refractivity contribution in [3.8, 4) is 0 Å². The number of aliphatic imine (C=N–C) groups is 1. The molecule has 0 aliphatic carbocycles. The van der Waals surface area contributed by atoms with Gasteiger partial charge in [0.15, 0.2) is 0 Å². The van der Waals surface area contributed by atoms with Crippen molar-refractivity contribution in [3.63, 3.8) is 0 Å². The Morgan fingerprint density at radius 1 is 1.29 bits per heavy atom. The van der Waals surface area contributed by atoms with Crippen molar-refractivity contribution in [1.82, 2.24) is 0 Å². The van der Waals surface area contributed by atoms with Gasteiger partial charge in [0.05, 0.1) is 0 Å². The fraction of sp³-hybridized carbons (Fsp3) is 0.462. The molecule has 0 spiro atoms. The Bertz CT molecular complexity index is 272. The minimum absolute atomic E-state index is 0.0544. The van der Waals surface area contributed by atoms with E-state index in [2.05, 4.69) is 32.3 Å². The summed E-state index contributed by atoms with van der Waals surface area (Å²) in [6, 6.07) is 0. The summed E-state index contributed by atoms with van der Waals surface area (Å²) in [5.74, 6) is 0. The molecule has 0 unspecified atom stereocenters. The third-order valence-electron chi connectivity index (χ3n) is 1.86. The van der Waals surface area contributed by atoms with Gasteiger partial charge < -0.3 is 0 Å². The van der Waals surface area contributed by atoms with E-state index >= 15 is 0 Å². The van der Waals surface area contributed by atoms with Crippen molar-refractivity contribution >= 4 is 6.21 Å². The fourth-order valence-corrected chi connectivity index (χ4v) is 0.757. The van der Waals surface area contributed by atoms with Gasteiger partial charge in [0.1, 0.15) is 0 Å². The van der Waals surface area contributed by atoms with Gasteiger partial charge in [-0.1, -0.05) is 39.5 Å². The van der Waals surface area contributed by atoms with E-state index in [1.54, 1.807) is 0 Å². The topological polar surface area (TPSA) is 12.4 Å². The summed E-state index contributed by atoms with van der Waals surface area (Å²) >= 11 is 0. The van der Waals surface area contributed by atoms with Crippen LogP contribution in [0, 0.1) is 5.41 Å². The number of hydrogen-bond donors (Lipinski definition) is 0. The number of allylic oxidation sites excluding steroid dienone is 5. The summed E-state index contributed by atoms with van der Waals surface area (Å²) in [5.41, 5.74) is 2.15. The van der Waals surface area contributed by atoms with Crippen LogP contribution in [-0.2, 0) is 0 Å². The predicted molar refractivity (Wildman–Crippen MR) is 65.7 cm³/mol. The van der Waals surface area contributed by atoms with Crippen LogP contribution < -0.4 is 0 Å². The third kappa shape index (κ3) is 5.52. The average Bonchev–Trinajstić information content (AvgIpc) is 2.02. The molecule has 0 bridgehead atoms. The maximum Gasteiger partial charge on any atom is 0.0385 e. The van der Waals surface area contributed by atoms with Crippen LogP contribution in [0.15, 0.2) is 41.1 Å². The van der Waals surface area contributed by atoms with Crippen molar-refractivity contribution in [2.24, 2.45) is 10.4 Å². The summed E-state index contributed by atoms with van der Waals surface area (Å²) in [6.45, 7) is 14.3. The summed E-state index contributed by atoms with van der Waals surface area (Å²) in [7, 11) is 0. The maximum absolute atomic E-state index is 4.29. The second-order valence-electron chi connectivity index (χ2n) is 4.39. The molecule has 0 aliphatic heterocycles. The third-order valence-corrected chi connectivity index (χ3v) is 1.86. The Kier molecular flexibility index (Phi) is 5.14. The molecule has 78 valence electrons. The van der Waals surface area contributed by atoms with Crippen LogP contribution in [0.2, 0.25) is 0 Å². The lowest BCUT2D eigenvalue weighted by atomic mass is 9.93. The minimum atomic E-state index is 0.0544. The second kappa shape index (κ2) is 5.58. The Balaban J connectivity index is 4.34. The standard InChI is InChI=1S/C13H21N/c1-7-8-11(2)9-10-14-12(3)13(4,5)6/h7-10H,3H2,1-2,4-6H3/b8-7+,11-9+,14-10?. The number of hydrogen-bond acceptors (Lipinski definition) is 1. The molecule has 0 aromatic heterocycles. The van der Waals surface area contributed by atoms with Crippen molar-refractivity contribution in [3.05, 3.63) is 36.1 Å². The van der Waals surface area contributed by atoms with Gasteiger partial charge in [0.2, 0.25) is 0 Å². The van der Waals surface area contributed by atoms with Crippen molar-refractivity contribution in [1.29, 1.82) is 0 Å². The molecule has 1 nitrogen and oxygen atoms in total. The first kappa shape index (κ1) is 12.9. The van der Waals surface area contributed by atoms with E-state index in [9.17, 15) is 0 Å². The van der Waals surface area contributed by atoms with Crippen LogP contribution >= 0.6 is 0 Å². The first-order valence-electron chi connectivity index (χ1n) is 4.91. The first-order valence-corrected chi connectivity index (χ1v) is 4.91. The Labute approximate surface area is 87.9 Å². The van der Waals surface area contributed by atoms with Crippen LogP contribution in [-0.4, -0.2) is 6.21 Å². The minimum Gasteiger partial charge on any atom is -0.261 e. The van der Waals surface area contributed by atoms with E-state index in [1.165, 1.54) is 5.57 Å². The lowest BCUT2D eigenvalue weighted by molar-refractivity contribution is 0.501. The number of nitrogens with zero attached hydrogens (tertiary/aromatic N) is 1. The molecule has 1 heteroatoms. The molecule has 0 rings (SSSR count). The van der Waals surface area contributed by atoms with E-state index in [-0.39, 0.29) is 5.41 Å². The highest BCUT2D eigenvalue weighted by molar-refractivity contribution is 5.73. The lowest BCUT2D eigenvalue weighted by Gasteiger charge is -2.16. The summed E-state index contributed by atoms with van der Waals surface area (Å²) in [6.07, 6.45) is 7.85. The van der Waals surface area contributed by atoms with E-state index in [0.29, 0.717) is 0 Å². The zero-order valence-electron chi connectivity index (χ0n) is 9.96. The molecule has 0 saturated heterocycles. The van der Waals surface area contributed by atoms with Gasteiger partial charge >= 0.3 is 0 Å². The van der Waals surface area contributed by atoms with E-state index < -0.39 is 0 Å². The highest BCUT2D eigenvalue weighted by Gasteiger charge is 2.12. The summed E-state index contributed by atoms with van der Waals surface area (Å²) in [5, 5.41) is 0. The molecule has 0 radical (unpaired) electrons. The molecule has 0 heterocycles. The van der Waals surface area contributed by atoms with Gasteiger partial charge in [0, 0.05) is 17.3 Å². The van der Waals surface area contributed by atoms with Gasteiger partial charge in [-0.25, -0.2) is 0 Å². The van der Waals surface area contributed by atoms with Gasteiger partial charge in [-0.2, -0.15) is 0 Å². The Morgan fingerprint density at radius 2 is 1.86 bits per heavy atom. The molecule has 0 saturated carbocycles. The largest absolute Gasteiger partial charge is 0.261 e. The first-order chi connectivity index (χ1) is 6.38. The maximum atomic E-state index is 4.29. The van der Waals surface area contributed by atoms with Crippen LogP contribution in [0.4, 0.5) is 0 Å². The monoisotopic (exact) mass is 191 g/mol. The van der Waals surface area contributed by atoms with Crippen LogP contribution in [0.5, 0.6) is 0 Å². The van der Waals surface area contributed by atoms with E-state index in [4.69, 9.17) is 0 Å². The molecule has 0 aromatic carbocycles. The summed E-state index contributed by atoms with van der Waals surface area (Å²) < 4.78 is 0. The molecule has 0 amide bonds. The van der Waals surface area contributed by atoms with Crippen molar-refractivity contribution in [2.75, 3.05) is 0 Å². The quantitative estimate of drug-likeness (QED) is 0.469. The Morgan fingerprint density at radius 3 is 2.29 bits per heavy atom. The average molecular weight is 191 g/mol. The molecule has 14 heavy (non-hydrogen) atoms. The van der Waals surface area contributed by atoms with E-state index in [0.717, 1.165) is 5.70 Å². The van der Waals surface area contributed by atoms with Gasteiger partial charge in [-0.05, 0) is 25.5 Å². The second-order valence-corrected chi connectivity index (χ2v) is 4.39. The molecule has 0 fully saturated rings. The molecule has 0 aliphatic rings. The zero-order valence-corrected chi connectivity index (χ0v) is 9.96. The van der Waals surface area contributed by atoms with Gasteiger partial charge in [0.25, 0.3) is 0 Å². The molecule has 0 aromatic rings. The summed E-state index contributed by atoms with van der Waals surface area (Å²) in [4.78, 5) is 4.29. The zero-order chi connectivity index (χ0) is 11.2.